The zero-order chi connectivity index (χ0) is 22.0. The van der Waals surface area contributed by atoms with E-state index in [2.05, 4.69) is 29.0 Å². The van der Waals surface area contributed by atoms with Crippen molar-refractivity contribution < 1.29 is 9.90 Å². The molecule has 156 valence electrons. The van der Waals surface area contributed by atoms with Crippen LogP contribution in [0.3, 0.4) is 0 Å². The highest BCUT2D eigenvalue weighted by Gasteiger charge is 2.23. The first-order valence-corrected chi connectivity index (χ1v) is 10.5. The summed E-state index contributed by atoms with van der Waals surface area (Å²) in [6.07, 6.45) is 8.00. The fourth-order valence-electron chi connectivity index (χ4n) is 4.44. The second-order valence-electron chi connectivity index (χ2n) is 7.85. The van der Waals surface area contributed by atoms with Gasteiger partial charge in [-0.2, -0.15) is 0 Å². The molecule has 4 rings (SSSR count). The highest BCUT2D eigenvalue weighted by molar-refractivity contribution is 6.07. The lowest BCUT2D eigenvalue weighted by Gasteiger charge is -2.17. The van der Waals surface area contributed by atoms with E-state index in [1.54, 1.807) is 6.92 Å². The molecule has 1 aliphatic rings. The van der Waals surface area contributed by atoms with Crippen LogP contribution in [0, 0.1) is 6.92 Å². The molecule has 0 bridgehead atoms. The Kier molecular flexibility index (Phi) is 5.72. The Morgan fingerprint density at radius 3 is 2.58 bits per heavy atom. The summed E-state index contributed by atoms with van der Waals surface area (Å²) in [6, 6.07) is 16.0. The van der Waals surface area contributed by atoms with Crippen molar-refractivity contribution in [2.75, 3.05) is 5.32 Å². The minimum atomic E-state index is -0.962. The molecule has 0 fully saturated rings. The summed E-state index contributed by atoms with van der Waals surface area (Å²) in [4.78, 5) is 16.7. The van der Waals surface area contributed by atoms with Gasteiger partial charge in [-0.1, -0.05) is 55.1 Å². The lowest BCUT2D eigenvalue weighted by molar-refractivity contribution is 0.0696. The van der Waals surface area contributed by atoms with E-state index in [0.29, 0.717) is 11.3 Å². The van der Waals surface area contributed by atoms with Gasteiger partial charge in [-0.05, 0) is 61.6 Å². The third-order valence-electron chi connectivity index (χ3n) is 5.77. The molecule has 3 aromatic rings. The first-order chi connectivity index (χ1) is 15.0. The molecule has 0 aliphatic heterocycles. The number of anilines is 1. The van der Waals surface area contributed by atoms with E-state index in [9.17, 15) is 9.90 Å². The molecule has 0 saturated carbocycles. The zero-order valence-corrected chi connectivity index (χ0v) is 17.9. The second kappa shape index (κ2) is 8.60. The topological polar surface area (TPSA) is 62.2 Å². The molecule has 1 atom stereocenters. The molecule has 0 radical (unpaired) electrons. The van der Waals surface area contributed by atoms with Crippen molar-refractivity contribution in [3.8, 4) is 11.1 Å². The lowest BCUT2D eigenvalue weighted by Crippen LogP contribution is -2.16. The summed E-state index contributed by atoms with van der Waals surface area (Å²) in [7, 11) is 0. The van der Waals surface area contributed by atoms with Crippen LogP contribution in [0.25, 0.3) is 22.0 Å². The first-order valence-electron chi connectivity index (χ1n) is 10.5. The minimum absolute atomic E-state index is 0.252. The predicted molar refractivity (Wildman–Crippen MR) is 128 cm³/mol. The minimum Gasteiger partial charge on any atom is -0.478 e. The predicted octanol–water partition coefficient (Wildman–Crippen LogP) is 6.54. The smallest absolute Gasteiger partial charge is 0.338 e. The van der Waals surface area contributed by atoms with Gasteiger partial charge in [0.25, 0.3) is 0 Å². The zero-order valence-electron chi connectivity index (χ0n) is 17.9. The summed E-state index contributed by atoms with van der Waals surface area (Å²) in [5, 5.41) is 14.4. The van der Waals surface area contributed by atoms with Gasteiger partial charge in [-0.25, -0.2) is 4.79 Å². The standard InChI is InChI=1S/C27H26N2O2/c1-4-9-20-15-22(14-18(20)5-2)29-21-12-13-24-23(16-21)26(19-10-7-6-8-11-19)25(27(30)31)17(3)28-24/h4-13,16,22,29H,2,14-15H2,1,3H3,(H,30,31). The van der Waals surface area contributed by atoms with E-state index < -0.39 is 5.97 Å². The van der Waals surface area contributed by atoms with Crippen LogP contribution in [0.1, 0.15) is 35.8 Å². The van der Waals surface area contributed by atoms with E-state index in [1.165, 1.54) is 11.1 Å². The summed E-state index contributed by atoms with van der Waals surface area (Å²) >= 11 is 0. The van der Waals surface area contributed by atoms with Crippen molar-refractivity contribution >= 4 is 22.6 Å². The number of nitrogens with zero attached hydrogens (tertiary/aromatic N) is 1. The van der Waals surface area contributed by atoms with Crippen molar-refractivity contribution in [3.63, 3.8) is 0 Å². The van der Waals surface area contributed by atoms with Crippen LogP contribution in [-0.4, -0.2) is 22.1 Å². The summed E-state index contributed by atoms with van der Waals surface area (Å²) in [5.74, 6) is -0.962. The van der Waals surface area contributed by atoms with Crippen LogP contribution in [0.5, 0.6) is 0 Å². The monoisotopic (exact) mass is 410 g/mol. The molecule has 1 heterocycles. The Morgan fingerprint density at radius 1 is 1.16 bits per heavy atom. The number of carbonyl (C=O) groups is 1. The number of pyridine rings is 1. The van der Waals surface area contributed by atoms with Crippen molar-refractivity contribution in [3.05, 3.63) is 95.7 Å². The molecule has 0 amide bonds. The van der Waals surface area contributed by atoms with Gasteiger partial charge in [0.1, 0.15) is 0 Å². The van der Waals surface area contributed by atoms with Gasteiger partial charge < -0.3 is 10.4 Å². The summed E-state index contributed by atoms with van der Waals surface area (Å²) in [6.45, 7) is 7.73. The van der Waals surface area contributed by atoms with Crippen molar-refractivity contribution in [2.24, 2.45) is 0 Å². The second-order valence-corrected chi connectivity index (χ2v) is 7.85. The van der Waals surface area contributed by atoms with E-state index in [0.717, 1.165) is 35.0 Å². The van der Waals surface area contributed by atoms with Crippen LogP contribution in [0.4, 0.5) is 5.69 Å². The Morgan fingerprint density at radius 2 is 1.90 bits per heavy atom. The van der Waals surface area contributed by atoms with Crippen molar-refractivity contribution in [1.29, 1.82) is 0 Å². The summed E-state index contributed by atoms with van der Waals surface area (Å²) < 4.78 is 0. The number of carboxylic acid groups (broad SMARTS) is 1. The molecule has 1 aliphatic carbocycles. The normalized spacial score (nSPS) is 16.3. The molecule has 31 heavy (non-hydrogen) atoms. The quantitative estimate of drug-likeness (QED) is 0.484. The van der Waals surface area contributed by atoms with Crippen LogP contribution in [0.2, 0.25) is 0 Å². The van der Waals surface area contributed by atoms with Crippen LogP contribution >= 0.6 is 0 Å². The SMILES string of the molecule is C=CC1=C(C=CC)CC(Nc2ccc3nc(C)c(C(=O)O)c(-c4ccccc4)c3c2)C1. The number of benzene rings is 2. The average molecular weight is 411 g/mol. The fourth-order valence-corrected chi connectivity index (χ4v) is 4.44. The van der Waals surface area contributed by atoms with E-state index >= 15 is 0 Å². The van der Waals surface area contributed by atoms with Gasteiger partial charge in [0.15, 0.2) is 0 Å². The first kappa shape index (κ1) is 20.6. The maximum Gasteiger partial charge on any atom is 0.338 e. The molecule has 0 saturated heterocycles. The molecule has 4 heteroatoms. The average Bonchev–Trinajstić information content (AvgIpc) is 3.15. The highest BCUT2D eigenvalue weighted by Crippen LogP contribution is 2.36. The number of allylic oxidation sites excluding steroid dienone is 3. The van der Waals surface area contributed by atoms with E-state index in [1.807, 2.05) is 61.5 Å². The number of aromatic nitrogens is 1. The number of fused-ring (bicyclic) bond motifs is 1. The van der Waals surface area contributed by atoms with Gasteiger partial charge in [-0.15, -0.1) is 0 Å². The van der Waals surface area contributed by atoms with Crippen LogP contribution < -0.4 is 5.32 Å². The Bertz CT molecular complexity index is 1220. The number of aromatic carboxylic acids is 1. The van der Waals surface area contributed by atoms with Crippen molar-refractivity contribution in [1.82, 2.24) is 4.98 Å². The molecule has 2 aromatic carbocycles. The van der Waals surface area contributed by atoms with Gasteiger partial charge in [0.2, 0.25) is 0 Å². The third kappa shape index (κ3) is 4.02. The Balaban J connectivity index is 1.78. The number of nitrogens with one attached hydrogen (secondary N) is 1. The van der Waals surface area contributed by atoms with Crippen LogP contribution in [-0.2, 0) is 0 Å². The van der Waals surface area contributed by atoms with Crippen molar-refractivity contribution in [2.45, 2.75) is 32.7 Å². The molecule has 0 spiro atoms. The molecular formula is C27H26N2O2. The van der Waals surface area contributed by atoms with E-state index in [-0.39, 0.29) is 11.6 Å². The number of hydrogen-bond donors (Lipinski definition) is 2. The van der Waals surface area contributed by atoms with Gasteiger partial charge in [0.05, 0.1) is 16.8 Å². The fraction of sp³-hybridized carbons (Fsp3) is 0.185. The number of aryl methyl sites for hydroxylation is 1. The maximum absolute atomic E-state index is 12.1. The van der Waals surface area contributed by atoms with Gasteiger partial charge >= 0.3 is 5.97 Å². The number of rotatable bonds is 6. The third-order valence-corrected chi connectivity index (χ3v) is 5.77. The molecule has 2 N–H and O–H groups in total. The molecule has 1 unspecified atom stereocenters. The van der Waals surface area contributed by atoms with Gasteiger partial charge in [0, 0.05) is 22.7 Å². The Hall–Kier alpha value is -3.66. The number of hydrogen-bond acceptors (Lipinski definition) is 3. The van der Waals surface area contributed by atoms with Gasteiger partial charge in [-0.3, -0.25) is 4.98 Å². The largest absolute Gasteiger partial charge is 0.478 e. The number of carboxylic acids is 1. The maximum atomic E-state index is 12.1. The Labute approximate surface area is 182 Å². The molecule has 1 aromatic heterocycles. The van der Waals surface area contributed by atoms with E-state index in [4.69, 9.17) is 0 Å². The van der Waals surface area contributed by atoms with Crippen LogP contribution in [0.15, 0.2) is 84.5 Å². The molecule has 4 nitrogen and oxygen atoms in total. The lowest BCUT2D eigenvalue weighted by atomic mass is 9.94. The highest BCUT2D eigenvalue weighted by atomic mass is 16.4. The molecular weight excluding hydrogens is 384 g/mol. The summed E-state index contributed by atoms with van der Waals surface area (Å²) in [5.41, 5.74) is 6.69.